The van der Waals surface area contributed by atoms with Crippen molar-refractivity contribution in [1.82, 2.24) is 14.6 Å². The van der Waals surface area contributed by atoms with Gasteiger partial charge in [-0.1, -0.05) is 29.5 Å². The summed E-state index contributed by atoms with van der Waals surface area (Å²) in [6.45, 7) is 6.72. The molecule has 0 aliphatic heterocycles. The summed E-state index contributed by atoms with van der Waals surface area (Å²) in [6.07, 6.45) is 0.986. The summed E-state index contributed by atoms with van der Waals surface area (Å²) in [5, 5.41) is 8.31. The van der Waals surface area contributed by atoms with Crippen molar-refractivity contribution in [2.45, 2.75) is 20.3 Å². The monoisotopic (exact) mass is 343 g/mol. The lowest BCUT2D eigenvalue weighted by atomic mass is 10.2. The number of aryl methyl sites for hydroxylation is 1. The summed E-state index contributed by atoms with van der Waals surface area (Å²) in [5.41, 5.74) is 1.82. The van der Waals surface area contributed by atoms with Crippen LogP contribution in [-0.4, -0.2) is 34.2 Å². The molecule has 0 unspecified atom stereocenters. The van der Waals surface area contributed by atoms with E-state index < -0.39 is 0 Å². The fourth-order valence-electron chi connectivity index (χ4n) is 2.57. The summed E-state index contributed by atoms with van der Waals surface area (Å²) in [5.74, 6) is 0. The normalized spacial score (nSPS) is 10.9. The fraction of sp³-hybridized carbons (Fsp3) is 0.353. The molecule has 0 aliphatic rings. The molecular formula is C17H21N5OS. The van der Waals surface area contributed by atoms with Crippen molar-refractivity contribution in [3.63, 3.8) is 0 Å². The van der Waals surface area contributed by atoms with E-state index in [1.165, 1.54) is 27.6 Å². The van der Waals surface area contributed by atoms with Gasteiger partial charge in [-0.2, -0.15) is 4.52 Å². The number of nitrogens with one attached hydrogen (secondary N) is 1. The van der Waals surface area contributed by atoms with Crippen LogP contribution in [0, 0.1) is 6.92 Å². The molecule has 0 amide bonds. The summed E-state index contributed by atoms with van der Waals surface area (Å²) in [7, 11) is 0. The standard InChI is InChI=1S/C17H21N5OS/c1-3-21(14-8-5-4-6-9-14)11-7-10-18-16-20-22-15(23)12-13(2)19-17(22)24-16/h4-6,8-9,12H,3,7,10-11H2,1-2H3,(H,18,20). The molecule has 1 aromatic carbocycles. The zero-order valence-corrected chi connectivity index (χ0v) is 14.7. The molecule has 0 atom stereocenters. The van der Waals surface area contributed by atoms with Crippen molar-refractivity contribution >= 4 is 27.1 Å². The van der Waals surface area contributed by atoms with Crippen molar-refractivity contribution in [2.75, 3.05) is 29.9 Å². The minimum absolute atomic E-state index is 0.136. The topological polar surface area (TPSA) is 62.5 Å². The fourth-order valence-corrected chi connectivity index (χ4v) is 3.44. The van der Waals surface area contributed by atoms with E-state index in [-0.39, 0.29) is 5.56 Å². The summed E-state index contributed by atoms with van der Waals surface area (Å²) < 4.78 is 1.35. The van der Waals surface area contributed by atoms with Crippen LogP contribution in [0.2, 0.25) is 0 Å². The van der Waals surface area contributed by atoms with Crippen molar-refractivity contribution in [1.29, 1.82) is 0 Å². The number of benzene rings is 1. The van der Waals surface area contributed by atoms with Gasteiger partial charge in [-0.15, -0.1) is 5.10 Å². The lowest BCUT2D eigenvalue weighted by molar-refractivity contribution is 0.766. The summed E-state index contributed by atoms with van der Waals surface area (Å²) in [6, 6.07) is 11.9. The Bertz CT molecular complexity index is 858. The first-order valence-electron chi connectivity index (χ1n) is 8.09. The van der Waals surface area contributed by atoms with E-state index in [1.54, 1.807) is 0 Å². The molecule has 0 bridgehead atoms. The first-order valence-corrected chi connectivity index (χ1v) is 8.90. The van der Waals surface area contributed by atoms with Gasteiger partial charge >= 0.3 is 0 Å². The van der Waals surface area contributed by atoms with Gasteiger partial charge in [-0.3, -0.25) is 4.79 Å². The van der Waals surface area contributed by atoms with Gasteiger partial charge < -0.3 is 10.2 Å². The molecule has 0 fully saturated rings. The first-order chi connectivity index (χ1) is 11.7. The minimum atomic E-state index is -0.136. The maximum Gasteiger partial charge on any atom is 0.275 e. The SMILES string of the molecule is CCN(CCCNc1nn2c(=O)cc(C)nc2s1)c1ccccc1. The zero-order chi connectivity index (χ0) is 16.9. The van der Waals surface area contributed by atoms with E-state index in [4.69, 9.17) is 0 Å². The highest BCUT2D eigenvalue weighted by Gasteiger charge is 2.07. The van der Waals surface area contributed by atoms with Gasteiger partial charge in [0.2, 0.25) is 10.1 Å². The number of hydrogen-bond acceptors (Lipinski definition) is 6. The average molecular weight is 343 g/mol. The quantitative estimate of drug-likeness (QED) is 0.669. The highest BCUT2D eigenvalue weighted by atomic mass is 32.1. The molecule has 0 saturated heterocycles. The molecule has 0 saturated carbocycles. The highest BCUT2D eigenvalue weighted by molar-refractivity contribution is 7.20. The smallest absolute Gasteiger partial charge is 0.275 e. The van der Waals surface area contributed by atoms with Gasteiger partial charge in [0, 0.05) is 37.1 Å². The van der Waals surface area contributed by atoms with Crippen LogP contribution >= 0.6 is 11.3 Å². The Kier molecular flexibility index (Phi) is 5.10. The van der Waals surface area contributed by atoms with Crippen molar-refractivity contribution in [2.24, 2.45) is 0 Å². The molecule has 7 heteroatoms. The Morgan fingerprint density at radius 1 is 1.29 bits per heavy atom. The number of aromatic nitrogens is 3. The van der Waals surface area contributed by atoms with E-state index >= 15 is 0 Å². The number of fused-ring (bicyclic) bond motifs is 1. The largest absolute Gasteiger partial charge is 0.372 e. The Hall–Kier alpha value is -2.41. The molecule has 24 heavy (non-hydrogen) atoms. The molecule has 1 N–H and O–H groups in total. The second-order valence-corrected chi connectivity index (χ2v) is 6.49. The predicted octanol–water partition coefficient (Wildman–Crippen LogP) is 2.79. The Morgan fingerprint density at radius 3 is 2.83 bits per heavy atom. The highest BCUT2D eigenvalue weighted by Crippen LogP contribution is 2.17. The van der Waals surface area contributed by atoms with Gasteiger partial charge in [-0.05, 0) is 32.4 Å². The molecule has 0 spiro atoms. The van der Waals surface area contributed by atoms with Crippen LogP contribution in [0.1, 0.15) is 19.0 Å². The van der Waals surface area contributed by atoms with Gasteiger partial charge in [0.25, 0.3) is 5.56 Å². The number of nitrogens with zero attached hydrogens (tertiary/aromatic N) is 4. The summed E-state index contributed by atoms with van der Waals surface area (Å²) in [4.78, 5) is 19.2. The number of rotatable bonds is 7. The van der Waals surface area contributed by atoms with Crippen molar-refractivity contribution in [3.05, 3.63) is 52.4 Å². The Balaban J connectivity index is 1.57. The summed E-state index contributed by atoms with van der Waals surface area (Å²) >= 11 is 1.40. The Morgan fingerprint density at radius 2 is 2.08 bits per heavy atom. The predicted molar refractivity (Wildman–Crippen MR) is 99.3 cm³/mol. The van der Waals surface area contributed by atoms with Gasteiger partial charge in [0.15, 0.2) is 0 Å². The lowest BCUT2D eigenvalue weighted by Gasteiger charge is -2.23. The van der Waals surface area contributed by atoms with Crippen LogP contribution in [0.3, 0.4) is 0 Å². The van der Waals surface area contributed by atoms with Gasteiger partial charge in [0.05, 0.1) is 0 Å². The number of para-hydroxylation sites is 1. The zero-order valence-electron chi connectivity index (χ0n) is 13.9. The molecule has 0 aliphatic carbocycles. The molecule has 2 heterocycles. The molecule has 3 aromatic rings. The molecule has 2 aromatic heterocycles. The van der Waals surface area contributed by atoms with Crippen molar-refractivity contribution in [3.8, 4) is 0 Å². The number of anilines is 2. The van der Waals surface area contributed by atoms with E-state index in [9.17, 15) is 4.79 Å². The second-order valence-electron chi connectivity index (χ2n) is 5.53. The maximum absolute atomic E-state index is 11.9. The second kappa shape index (κ2) is 7.44. The third kappa shape index (κ3) is 3.73. The molecule has 126 valence electrons. The van der Waals surface area contributed by atoms with Crippen LogP contribution in [0.5, 0.6) is 0 Å². The van der Waals surface area contributed by atoms with Crippen LogP contribution < -0.4 is 15.8 Å². The van der Waals surface area contributed by atoms with Crippen LogP contribution in [0.15, 0.2) is 41.2 Å². The van der Waals surface area contributed by atoms with Crippen LogP contribution in [0.25, 0.3) is 4.96 Å². The molecular weight excluding hydrogens is 322 g/mol. The first kappa shape index (κ1) is 16.4. The minimum Gasteiger partial charge on any atom is -0.372 e. The van der Waals surface area contributed by atoms with Gasteiger partial charge in [-0.25, -0.2) is 4.98 Å². The number of hydrogen-bond donors (Lipinski definition) is 1. The average Bonchev–Trinajstić information content (AvgIpc) is 2.99. The molecule has 3 rings (SSSR count). The van der Waals surface area contributed by atoms with Crippen LogP contribution in [0.4, 0.5) is 10.8 Å². The van der Waals surface area contributed by atoms with Crippen LogP contribution in [-0.2, 0) is 0 Å². The molecule has 6 nitrogen and oxygen atoms in total. The van der Waals surface area contributed by atoms with Gasteiger partial charge in [0.1, 0.15) is 0 Å². The third-order valence-electron chi connectivity index (χ3n) is 3.76. The lowest BCUT2D eigenvalue weighted by Crippen LogP contribution is -2.25. The van der Waals surface area contributed by atoms with E-state index in [1.807, 2.05) is 13.0 Å². The van der Waals surface area contributed by atoms with Crippen molar-refractivity contribution < 1.29 is 0 Å². The van der Waals surface area contributed by atoms with E-state index in [2.05, 4.69) is 51.5 Å². The Labute approximate surface area is 144 Å². The maximum atomic E-state index is 11.9. The molecule has 0 radical (unpaired) electrons. The third-order valence-corrected chi connectivity index (χ3v) is 4.62. The van der Waals surface area contributed by atoms with E-state index in [0.717, 1.165) is 36.9 Å². The van der Waals surface area contributed by atoms with E-state index in [0.29, 0.717) is 4.96 Å².